The van der Waals surface area contributed by atoms with Crippen LogP contribution in [0.25, 0.3) is 6.08 Å². The van der Waals surface area contributed by atoms with Crippen LogP contribution in [0.15, 0.2) is 23.1 Å². The van der Waals surface area contributed by atoms with Crippen LogP contribution in [-0.2, 0) is 19.1 Å². The quantitative estimate of drug-likeness (QED) is 0.334. The lowest BCUT2D eigenvalue weighted by molar-refractivity contribution is -0.146. The summed E-state index contributed by atoms with van der Waals surface area (Å²) in [6.07, 6.45) is 7.43. The number of ether oxygens (including phenoxy) is 1. The minimum Gasteiger partial charge on any atom is -0.467 e. The van der Waals surface area contributed by atoms with Crippen molar-refractivity contribution >= 4 is 58.8 Å². The standard InChI is InChI=1S/C22H28Cl2N2O4S/c1-4-5-16(22(29)30-2)25-21(28)15-10-12-26(13-11-15)18(27)9-7-14-6-8-17(31-3)20(24)19(14)23/h6-9,15-16H,4-5,10-13H2,1-3H3,(H,25,28)/b9-7+/t16-/m0/s1. The zero-order chi connectivity index (χ0) is 23.0. The monoisotopic (exact) mass is 486 g/mol. The number of nitrogens with zero attached hydrogens (tertiary/aromatic N) is 1. The van der Waals surface area contributed by atoms with E-state index in [1.807, 2.05) is 25.3 Å². The van der Waals surface area contributed by atoms with E-state index in [-0.39, 0.29) is 17.7 Å². The Kier molecular flexibility index (Phi) is 10.2. The average Bonchev–Trinajstić information content (AvgIpc) is 2.79. The second-order valence-electron chi connectivity index (χ2n) is 7.29. The van der Waals surface area contributed by atoms with Gasteiger partial charge in [0.2, 0.25) is 11.8 Å². The molecule has 1 N–H and O–H groups in total. The van der Waals surface area contributed by atoms with Crippen LogP contribution in [0.4, 0.5) is 0 Å². The van der Waals surface area contributed by atoms with Crippen molar-refractivity contribution in [3.63, 3.8) is 0 Å². The van der Waals surface area contributed by atoms with Gasteiger partial charge >= 0.3 is 5.97 Å². The first-order valence-electron chi connectivity index (χ1n) is 10.2. The van der Waals surface area contributed by atoms with Gasteiger partial charge in [0.25, 0.3) is 0 Å². The predicted molar refractivity (Wildman–Crippen MR) is 125 cm³/mol. The minimum atomic E-state index is -0.626. The average molecular weight is 487 g/mol. The SMILES string of the molecule is CCC[C@H](NC(=O)C1CCN(C(=O)/C=C/c2ccc(SC)c(Cl)c2Cl)CC1)C(=O)OC. The summed E-state index contributed by atoms with van der Waals surface area (Å²) >= 11 is 14.0. The smallest absolute Gasteiger partial charge is 0.328 e. The van der Waals surface area contributed by atoms with Gasteiger partial charge in [0.1, 0.15) is 6.04 Å². The first kappa shape index (κ1) is 25.6. The van der Waals surface area contributed by atoms with E-state index in [0.717, 1.165) is 11.3 Å². The van der Waals surface area contributed by atoms with Crippen LogP contribution in [-0.4, -0.2) is 55.2 Å². The Morgan fingerprint density at radius 3 is 2.52 bits per heavy atom. The molecule has 1 aliphatic rings. The summed E-state index contributed by atoms with van der Waals surface area (Å²) in [5.41, 5.74) is 0.678. The third-order valence-corrected chi connectivity index (χ3v) is 7.05. The Balaban J connectivity index is 1.91. The summed E-state index contributed by atoms with van der Waals surface area (Å²) in [6, 6.07) is 3.07. The number of methoxy groups -OCH3 is 1. The second kappa shape index (κ2) is 12.4. The number of halogens is 2. The van der Waals surface area contributed by atoms with Crippen LogP contribution in [0.1, 0.15) is 38.2 Å². The van der Waals surface area contributed by atoms with E-state index < -0.39 is 12.0 Å². The Morgan fingerprint density at radius 2 is 1.94 bits per heavy atom. The maximum Gasteiger partial charge on any atom is 0.328 e. The summed E-state index contributed by atoms with van der Waals surface area (Å²) in [7, 11) is 1.31. The topological polar surface area (TPSA) is 75.7 Å². The Hall–Kier alpha value is -1.70. The summed E-state index contributed by atoms with van der Waals surface area (Å²) in [5, 5.41) is 3.68. The van der Waals surface area contributed by atoms with Crippen LogP contribution in [0.2, 0.25) is 10.0 Å². The van der Waals surface area contributed by atoms with Crippen LogP contribution in [0.3, 0.4) is 0 Å². The molecule has 1 aromatic rings. The molecule has 0 aromatic heterocycles. The van der Waals surface area contributed by atoms with Crippen molar-refractivity contribution in [2.45, 2.75) is 43.5 Å². The second-order valence-corrected chi connectivity index (χ2v) is 8.89. The molecule has 31 heavy (non-hydrogen) atoms. The predicted octanol–water partition coefficient (Wildman–Crippen LogP) is 4.43. The van der Waals surface area contributed by atoms with Gasteiger partial charge in [0, 0.05) is 30.0 Å². The lowest BCUT2D eigenvalue weighted by Crippen LogP contribution is -2.47. The van der Waals surface area contributed by atoms with E-state index in [1.54, 1.807) is 11.0 Å². The van der Waals surface area contributed by atoms with Crippen LogP contribution < -0.4 is 5.32 Å². The normalized spacial score (nSPS) is 15.7. The number of benzene rings is 1. The molecule has 1 fully saturated rings. The lowest BCUT2D eigenvalue weighted by atomic mass is 9.95. The zero-order valence-electron chi connectivity index (χ0n) is 18.0. The van der Waals surface area contributed by atoms with Crippen molar-refractivity contribution in [1.29, 1.82) is 0 Å². The number of carbonyl (C=O) groups excluding carboxylic acids is 3. The van der Waals surface area contributed by atoms with Gasteiger partial charge in [-0.15, -0.1) is 11.8 Å². The molecule has 1 aromatic carbocycles. The van der Waals surface area contributed by atoms with E-state index in [2.05, 4.69) is 5.32 Å². The van der Waals surface area contributed by atoms with E-state index in [0.29, 0.717) is 48.0 Å². The maximum absolute atomic E-state index is 12.6. The molecule has 2 amide bonds. The highest BCUT2D eigenvalue weighted by Crippen LogP contribution is 2.35. The highest BCUT2D eigenvalue weighted by atomic mass is 35.5. The van der Waals surface area contributed by atoms with Crippen molar-refractivity contribution in [3.8, 4) is 0 Å². The number of hydrogen-bond donors (Lipinski definition) is 1. The molecule has 0 unspecified atom stereocenters. The summed E-state index contributed by atoms with van der Waals surface area (Å²) in [6.45, 7) is 2.88. The number of rotatable bonds is 8. The molecule has 0 spiro atoms. The fraction of sp³-hybridized carbons (Fsp3) is 0.500. The molecule has 6 nitrogen and oxygen atoms in total. The number of amides is 2. The van der Waals surface area contributed by atoms with Crippen LogP contribution >= 0.6 is 35.0 Å². The number of nitrogens with one attached hydrogen (secondary N) is 1. The summed E-state index contributed by atoms with van der Waals surface area (Å²) in [4.78, 5) is 39.5. The van der Waals surface area contributed by atoms with Gasteiger partial charge in [-0.1, -0.05) is 42.6 Å². The van der Waals surface area contributed by atoms with E-state index in [4.69, 9.17) is 27.9 Å². The van der Waals surface area contributed by atoms with E-state index in [1.165, 1.54) is 24.9 Å². The van der Waals surface area contributed by atoms with Gasteiger partial charge in [0.15, 0.2) is 0 Å². The number of thioether (sulfide) groups is 1. The fourth-order valence-corrected chi connectivity index (χ4v) is 4.60. The molecule has 1 aliphatic heterocycles. The number of likely N-dealkylation sites (tertiary alicyclic amines) is 1. The molecular weight excluding hydrogens is 459 g/mol. The molecule has 0 radical (unpaired) electrons. The Morgan fingerprint density at radius 1 is 1.26 bits per heavy atom. The highest BCUT2D eigenvalue weighted by molar-refractivity contribution is 7.98. The maximum atomic E-state index is 12.6. The number of carbonyl (C=O) groups is 3. The highest BCUT2D eigenvalue weighted by Gasteiger charge is 2.29. The molecule has 1 saturated heterocycles. The largest absolute Gasteiger partial charge is 0.467 e. The summed E-state index contributed by atoms with van der Waals surface area (Å²) in [5.74, 6) is -0.970. The Bertz CT molecular complexity index is 839. The minimum absolute atomic E-state index is 0.140. The van der Waals surface area contributed by atoms with Gasteiger partial charge in [-0.25, -0.2) is 4.79 Å². The number of hydrogen-bond acceptors (Lipinski definition) is 5. The molecule has 0 bridgehead atoms. The van der Waals surface area contributed by atoms with Gasteiger partial charge in [-0.3, -0.25) is 9.59 Å². The van der Waals surface area contributed by atoms with E-state index >= 15 is 0 Å². The third-order valence-electron chi connectivity index (χ3n) is 5.26. The van der Waals surface area contributed by atoms with Gasteiger partial charge in [-0.05, 0) is 43.2 Å². The van der Waals surface area contributed by atoms with Crippen molar-refractivity contribution < 1.29 is 19.1 Å². The first-order valence-corrected chi connectivity index (χ1v) is 12.2. The molecule has 2 rings (SSSR count). The van der Waals surface area contributed by atoms with E-state index in [9.17, 15) is 14.4 Å². The zero-order valence-corrected chi connectivity index (χ0v) is 20.3. The van der Waals surface area contributed by atoms with Gasteiger partial charge in [-0.2, -0.15) is 0 Å². The number of esters is 1. The van der Waals surface area contributed by atoms with Crippen molar-refractivity contribution in [1.82, 2.24) is 10.2 Å². The molecule has 1 heterocycles. The molecule has 1 atom stereocenters. The van der Waals surface area contributed by atoms with Crippen LogP contribution in [0, 0.1) is 5.92 Å². The molecular formula is C22H28Cl2N2O4S. The van der Waals surface area contributed by atoms with Crippen molar-refractivity contribution in [2.24, 2.45) is 5.92 Å². The van der Waals surface area contributed by atoms with Gasteiger partial charge < -0.3 is 15.0 Å². The molecule has 170 valence electrons. The van der Waals surface area contributed by atoms with Crippen LogP contribution in [0.5, 0.6) is 0 Å². The van der Waals surface area contributed by atoms with Crippen molar-refractivity contribution in [3.05, 3.63) is 33.8 Å². The van der Waals surface area contributed by atoms with Gasteiger partial charge in [0.05, 0.1) is 17.2 Å². The third kappa shape index (κ3) is 6.89. The fourth-order valence-electron chi connectivity index (χ4n) is 3.43. The first-order chi connectivity index (χ1) is 14.8. The molecule has 0 saturated carbocycles. The Labute approximate surface area is 197 Å². The number of piperidine rings is 1. The molecule has 0 aliphatic carbocycles. The lowest BCUT2D eigenvalue weighted by Gasteiger charge is -2.31. The summed E-state index contributed by atoms with van der Waals surface area (Å²) < 4.78 is 4.76. The van der Waals surface area contributed by atoms with Crippen molar-refractivity contribution in [2.75, 3.05) is 26.5 Å². The molecule has 9 heteroatoms.